The van der Waals surface area contributed by atoms with Crippen LogP contribution in [0.2, 0.25) is 0 Å². The van der Waals surface area contributed by atoms with Crippen molar-refractivity contribution in [3.63, 3.8) is 0 Å². The fraction of sp³-hybridized carbons (Fsp3) is 0.636. The molecule has 4 nitrogen and oxygen atoms in total. The van der Waals surface area contributed by atoms with Gasteiger partial charge in [0.1, 0.15) is 0 Å². The van der Waals surface area contributed by atoms with Crippen LogP contribution < -0.4 is 0 Å². The molecular weight excluding hydrogens is 196 g/mol. The van der Waals surface area contributed by atoms with Gasteiger partial charge in [0.25, 0.3) is 0 Å². The van der Waals surface area contributed by atoms with E-state index in [1.807, 2.05) is 0 Å². The summed E-state index contributed by atoms with van der Waals surface area (Å²) in [7, 11) is 2.55. The van der Waals surface area contributed by atoms with Crippen LogP contribution in [0.4, 0.5) is 0 Å². The van der Waals surface area contributed by atoms with Crippen molar-refractivity contribution in [2.75, 3.05) is 14.2 Å². The molecule has 15 heavy (non-hydrogen) atoms. The second kappa shape index (κ2) is 4.47. The van der Waals surface area contributed by atoms with Crippen LogP contribution in [0, 0.1) is 5.41 Å². The van der Waals surface area contributed by atoms with Gasteiger partial charge in [0.05, 0.1) is 14.2 Å². The Balaban J connectivity index is 3.09. The van der Waals surface area contributed by atoms with Crippen molar-refractivity contribution in [1.82, 2.24) is 0 Å². The third kappa shape index (κ3) is 1.76. The SMILES string of the molecule is C=C1CCCCC1(C(=O)OC)C(=O)OC. The molecule has 0 N–H and O–H groups in total. The number of methoxy groups -OCH3 is 2. The predicted molar refractivity (Wildman–Crippen MR) is 54.1 cm³/mol. The lowest BCUT2D eigenvalue weighted by Gasteiger charge is -2.33. The molecule has 0 aromatic heterocycles. The predicted octanol–water partition coefficient (Wildman–Crippen LogP) is 1.45. The Bertz CT molecular complexity index is 263. The first-order chi connectivity index (χ1) is 7.09. The molecule has 1 aliphatic carbocycles. The number of rotatable bonds is 2. The molecule has 0 aromatic carbocycles. The molecule has 0 spiro atoms. The van der Waals surface area contributed by atoms with Gasteiger partial charge in [-0.05, 0) is 24.8 Å². The van der Waals surface area contributed by atoms with Crippen molar-refractivity contribution in [3.8, 4) is 0 Å². The summed E-state index contributed by atoms with van der Waals surface area (Å²) < 4.78 is 9.37. The van der Waals surface area contributed by atoms with E-state index in [2.05, 4.69) is 16.1 Å². The lowest BCUT2D eigenvalue weighted by Crippen LogP contribution is -2.44. The maximum Gasteiger partial charge on any atom is 0.327 e. The highest BCUT2D eigenvalue weighted by molar-refractivity contribution is 6.03. The van der Waals surface area contributed by atoms with Gasteiger partial charge in [-0.25, -0.2) is 0 Å². The van der Waals surface area contributed by atoms with Crippen molar-refractivity contribution in [1.29, 1.82) is 0 Å². The van der Waals surface area contributed by atoms with Gasteiger partial charge in [0.15, 0.2) is 5.41 Å². The molecule has 4 heteroatoms. The van der Waals surface area contributed by atoms with E-state index in [0.717, 1.165) is 12.8 Å². The second-order valence-corrected chi connectivity index (χ2v) is 3.70. The van der Waals surface area contributed by atoms with Crippen LogP contribution in [0.25, 0.3) is 0 Å². The minimum Gasteiger partial charge on any atom is -0.468 e. The Morgan fingerprint density at radius 3 is 2.13 bits per heavy atom. The fourth-order valence-electron chi connectivity index (χ4n) is 2.04. The lowest BCUT2D eigenvalue weighted by atomic mass is 9.71. The smallest absolute Gasteiger partial charge is 0.327 e. The van der Waals surface area contributed by atoms with E-state index in [4.69, 9.17) is 0 Å². The highest BCUT2D eigenvalue weighted by atomic mass is 16.5. The van der Waals surface area contributed by atoms with Crippen LogP contribution in [-0.2, 0) is 19.1 Å². The minimum atomic E-state index is -1.26. The summed E-state index contributed by atoms with van der Waals surface area (Å²) >= 11 is 0. The number of esters is 2. The first kappa shape index (κ1) is 11.8. The summed E-state index contributed by atoms with van der Waals surface area (Å²) in [5.74, 6) is -1.11. The fourth-order valence-corrected chi connectivity index (χ4v) is 2.04. The van der Waals surface area contributed by atoms with Gasteiger partial charge in [0.2, 0.25) is 0 Å². The first-order valence-corrected chi connectivity index (χ1v) is 4.94. The van der Waals surface area contributed by atoms with Crippen LogP contribution in [0.3, 0.4) is 0 Å². The van der Waals surface area contributed by atoms with Crippen LogP contribution in [-0.4, -0.2) is 26.2 Å². The third-order valence-electron chi connectivity index (χ3n) is 2.95. The zero-order valence-electron chi connectivity index (χ0n) is 9.17. The molecule has 1 rings (SSSR count). The van der Waals surface area contributed by atoms with Gasteiger partial charge in [-0.2, -0.15) is 0 Å². The van der Waals surface area contributed by atoms with Gasteiger partial charge in [-0.15, -0.1) is 0 Å². The maximum atomic E-state index is 11.7. The summed E-state index contributed by atoms with van der Waals surface area (Å²) in [5, 5.41) is 0. The highest BCUT2D eigenvalue weighted by Gasteiger charge is 2.51. The molecule has 0 aliphatic heterocycles. The van der Waals surface area contributed by atoms with E-state index in [0.29, 0.717) is 18.4 Å². The average molecular weight is 212 g/mol. The standard InChI is InChI=1S/C11H16O4/c1-8-6-4-5-7-11(8,9(12)14-2)10(13)15-3/h1,4-7H2,2-3H3. The lowest BCUT2D eigenvalue weighted by molar-refractivity contribution is -0.167. The quantitative estimate of drug-likeness (QED) is 0.395. The zero-order chi connectivity index (χ0) is 11.5. The van der Waals surface area contributed by atoms with Crippen LogP contribution >= 0.6 is 0 Å². The Morgan fingerprint density at radius 2 is 1.73 bits per heavy atom. The van der Waals surface area contributed by atoms with Crippen LogP contribution in [0.15, 0.2) is 12.2 Å². The monoisotopic (exact) mass is 212 g/mol. The summed E-state index contributed by atoms with van der Waals surface area (Å²) in [6, 6.07) is 0. The van der Waals surface area contributed by atoms with E-state index in [9.17, 15) is 9.59 Å². The molecule has 0 radical (unpaired) electrons. The molecule has 1 fully saturated rings. The van der Waals surface area contributed by atoms with Gasteiger partial charge in [0, 0.05) is 0 Å². The number of hydrogen-bond donors (Lipinski definition) is 0. The van der Waals surface area contributed by atoms with Gasteiger partial charge in [-0.1, -0.05) is 13.0 Å². The number of carbonyl (C=O) groups is 2. The van der Waals surface area contributed by atoms with E-state index in [-0.39, 0.29) is 0 Å². The van der Waals surface area contributed by atoms with Gasteiger partial charge >= 0.3 is 11.9 Å². The minimum absolute atomic E-state index is 0.436. The molecule has 0 unspecified atom stereocenters. The normalized spacial score (nSPS) is 19.5. The summed E-state index contributed by atoms with van der Waals surface area (Å²) in [5.41, 5.74) is -0.658. The Kier molecular flexibility index (Phi) is 3.50. The van der Waals surface area contributed by atoms with Crippen molar-refractivity contribution in [3.05, 3.63) is 12.2 Å². The topological polar surface area (TPSA) is 52.6 Å². The molecule has 1 aliphatic rings. The first-order valence-electron chi connectivity index (χ1n) is 4.94. The van der Waals surface area contributed by atoms with Crippen molar-refractivity contribution in [2.45, 2.75) is 25.7 Å². The van der Waals surface area contributed by atoms with E-state index >= 15 is 0 Å². The molecule has 0 heterocycles. The molecule has 84 valence electrons. The van der Waals surface area contributed by atoms with E-state index in [1.54, 1.807) is 0 Å². The third-order valence-corrected chi connectivity index (χ3v) is 2.95. The largest absolute Gasteiger partial charge is 0.468 e. The number of carbonyl (C=O) groups excluding carboxylic acids is 2. The van der Waals surface area contributed by atoms with Gasteiger partial charge in [-0.3, -0.25) is 9.59 Å². The Morgan fingerprint density at radius 1 is 1.20 bits per heavy atom. The van der Waals surface area contributed by atoms with E-state index in [1.165, 1.54) is 14.2 Å². The average Bonchev–Trinajstić information content (AvgIpc) is 2.28. The van der Waals surface area contributed by atoms with Crippen LogP contribution in [0.5, 0.6) is 0 Å². The summed E-state index contributed by atoms with van der Waals surface area (Å²) in [4.78, 5) is 23.4. The molecule has 0 atom stereocenters. The Hall–Kier alpha value is -1.32. The summed E-state index contributed by atoms with van der Waals surface area (Å²) in [6.45, 7) is 3.80. The second-order valence-electron chi connectivity index (χ2n) is 3.70. The van der Waals surface area contributed by atoms with E-state index < -0.39 is 17.4 Å². The molecule has 0 aromatic rings. The maximum absolute atomic E-state index is 11.7. The molecule has 0 bridgehead atoms. The molecule has 0 amide bonds. The number of hydrogen-bond acceptors (Lipinski definition) is 4. The van der Waals surface area contributed by atoms with Gasteiger partial charge < -0.3 is 9.47 Å². The van der Waals surface area contributed by atoms with Crippen molar-refractivity contribution < 1.29 is 19.1 Å². The zero-order valence-corrected chi connectivity index (χ0v) is 9.17. The molecule has 0 saturated heterocycles. The highest BCUT2D eigenvalue weighted by Crippen LogP contribution is 2.41. The van der Waals surface area contributed by atoms with Crippen LogP contribution in [0.1, 0.15) is 25.7 Å². The van der Waals surface area contributed by atoms with Crippen molar-refractivity contribution in [2.24, 2.45) is 5.41 Å². The van der Waals surface area contributed by atoms with Crippen molar-refractivity contribution >= 4 is 11.9 Å². The molecule has 1 saturated carbocycles. The summed E-state index contributed by atoms with van der Waals surface area (Å²) in [6.07, 6.45) is 2.87. The number of ether oxygens (including phenoxy) is 2. The molecular formula is C11H16O4. The Labute approximate surface area is 89.2 Å².